The number of H-pyrrole nitrogens is 1. The van der Waals surface area contributed by atoms with Crippen molar-refractivity contribution in [2.75, 3.05) is 0 Å². The Labute approximate surface area is 160 Å². The number of hydrogen-bond acceptors (Lipinski definition) is 4. The molecule has 0 spiro atoms. The Bertz CT molecular complexity index is 1250. The molecule has 2 aromatic heterocycles. The second-order valence-corrected chi connectivity index (χ2v) is 6.42. The number of amides is 1. The molecule has 136 valence electrons. The van der Waals surface area contributed by atoms with Gasteiger partial charge in [-0.2, -0.15) is 5.26 Å². The zero-order valence-electron chi connectivity index (χ0n) is 15.1. The van der Waals surface area contributed by atoms with Gasteiger partial charge in [-0.05, 0) is 48.9 Å². The molecular weight excluding hydrogens is 352 g/mol. The molecule has 3 N–H and O–H groups in total. The molecule has 2 heterocycles. The number of rotatable bonds is 4. The summed E-state index contributed by atoms with van der Waals surface area (Å²) in [6.07, 6.45) is 1.64. The lowest BCUT2D eigenvalue weighted by molar-refractivity contribution is 0.100. The van der Waals surface area contributed by atoms with Crippen LogP contribution in [0.4, 0.5) is 0 Å². The molecular formula is C22H16N4O2. The number of allylic oxidation sites excluding steroid dienone is 1. The maximum absolute atomic E-state index is 11.2. The normalized spacial score (nSPS) is 11.5. The highest BCUT2D eigenvalue weighted by Gasteiger charge is 2.10. The van der Waals surface area contributed by atoms with Gasteiger partial charge >= 0.3 is 0 Å². The van der Waals surface area contributed by atoms with Gasteiger partial charge in [0.2, 0.25) is 5.91 Å². The van der Waals surface area contributed by atoms with Crippen LogP contribution in [-0.4, -0.2) is 15.9 Å². The number of aromatic nitrogens is 2. The average Bonchev–Trinajstić information content (AvgIpc) is 3.32. The zero-order chi connectivity index (χ0) is 19.7. The number of aryl methyl sites for hydroxylation is 1. The number of benzene rings is 2. The summed E-state index contributed by atoms with van der Waals surface area (Å²) in [7, 11) is 0. The Balaban J connectivity index is 1.65. The van der Waals surface area contributed by atoms with E-state index in [0.29, 0.717) is 28.5 Å². The number of nitriles is 1. The van der Waals surface area contributed by atoms with Crippen molar-refractivity contribution < 1.29 is 9.21 Å². The minimum Gasteiger partial charge on any atom is -0.457 e. The Morgan fingerprint density at radius 2 is 1.96 bits per heavy atom. The third-order valence-corrected chi connectivity index (χ3v) is 4.38. The topological polar surface area (TPSA) is 109 Å². The molecule has 0 bridgehead atoms. The SMILES string of the molecule is Cc1ccc2nc(/C(C#N)=C\c3ccc(-c4ccc(C(N)=O)cc4)o3)[nH]c2c1. The van der Waals surface area contributed by atoms with Crippen molar-refractivity contribution in [3.63, 3.8) is 0 Å². The van der Waals surface area contributed by atoms with E-state index in [-0.39, 0.29) is 0 Å². The van der Waals surface area contributed by atoms with Gasteiger partial charge in [0.05, 0.1) is 16.6 Å². The monoisotopic (exact) mass is 368 g/mol. The fourth-order valence-electron chi connectivity index (χ4n) is 2.93. The first-order valence-corrected chi connectivity index (χ1v) is 8.62. The van der Waals surface area contributed by atoms with E-state index < -0.39 is 5.91 Å². The minimum absolute atomic E-state index is 0.374. The van der Waals surface area contributed by atoms with E-state index in [4.69, 9.17) is 10.2 Å². The third kappa shape index (κ3) is 3.29. The number of carbonyl (C=O) groups is 1. The molecule has 0 aliphatic carbocycles. The summed E-state index contributed by atoms with van der Waals surface area (Å²) in [5.41, 5.74) is 9.67. The molecule has 0 atom stereocenters. The summed E-state index contributed by atoms with van der Waals surface area (Å²) >= 11 is 0. The van der Waals surface area contributed by atoms with E-state index in [9.17, 15) is 10.1 Å². The molecule has 6 heteroatoms. The van der Waals surface area contributed by atoms with E-state index >= 15 is 0 Å². The van der Waals surface area contributed by atoms with E-state index in [0.717, 1.165) is 22.2 Å². The van der Waals surface area contributed by atoms with Crippen LogP contribution < -0.4 is 5.73 Å². The average molecular weight is 368 g/mol. The second-order valence-electron chi connectivity index (χ2n) is 6.42. The van der Waals surface area contributed by atoms with Crippen LogP contribution in [0.1, 0.15) is 27.5 Å². The van der Waals surface area contributed by atoms with Gasteiger partial charge in [-0.15, -0.1) is 0 Å². The zero-order valence-corrected chi connectivity index (χ0v) is 15.1. The summed E-state index contributed by atoms with van der Waals surface area (Å²) in [4.78, 5) is 18.8. The van der Waals surface area contributed by atoms with Crippen molar-refractivity contribution in [1.82, 2.24) is 9.97 Å². The van der Waals surface area contributed by atoms with Gasteiger partial charge in [-0.1, -0.05) is 18.2 Å². The number of carbonyl (C=O) groups excluding carboxylic acids is 1. The Kier molecular flexibility index (Phi) is 4.26. The lowest BCUT2D eigenvalue weighted by Crippen LogP contribution is -2.10. The molecule has 0 radical (unpaired) electrons. The van der Waals surface area contributed by atoms with E-state index in [1.807, 2.05) is 31.2 Å². The standard InChI is InChI=1S/C22H16N4O2/c1-13-2-8-18-19(10-13)26-22(25-18)16(12-23)11-17-7-9-20(28-17)14-3-5-15(6-4-14)21(24)27/h2-11H,1H3,(H2,24,27)(H,25,26)/b16-11-. The number of hydrogen-bond donors (Lipinski definition) is 2. The first-order chi connectivity index (χ1) is 13.5. The highest BCUT2D eigenvalue weighted by atomic mass is 16.3. The fraction of sp³-hybridized carbons (Fsp3) is 0.0455. The third-order valence-electron chi connectivity index (χ3n) is 4.38. The van der Waals surface area contributed by atoms with Crippen molar-refractivity contribution in [1.29, 1.82) is 5.26 Å². The number of nitrogens with one attached hydrogen (secondary N) is 1. The lowest BCUT2D eigenvalue weighted by atomic mass is 10.1. The number of imidazole rings is 1. The Morgan fingerprint density at radius 3 is 2.68 bits per heavy atom. The summed E-state index contributed by atoms with van der Waals surface area (Å²) in [5.74, 6) is 1.17. The number of furan rings is 1. The minimum atomic E-state index is -0.477. The molecule has 0 fully saturated rings. The van der Waals surface area contributed by atoms with Crippen LogP contribution in [0.5, 0.6) is 0 Å². The first kappa shape index (κ1) is 17.3. The van der Waals surface area contributed by atoms with Crippen LogP contribution in [0.25, 0.3) is 34.0 Å². The van der Waals surface area contributed by atoms with Crippen molar-refractivity contribution in [3.05, 3.63) is 77.3 Å². The number of primary amides is 1. The van der Waals surface area contributed by atoms with Crippen molar-refractivity contribution >= 4 is 28.6 Å². The van der Waals surface area contributed by atoms with Crippen LogP contribution in [0.15, 0.2) is 59.0 Å². The van der Waals surface area contributed by atoms with Gasteiger partial charge in [0, 0.05) is 17.2 Å². The summed E-state index contributed by atoms with van der Waals surface area (Å²) < 4.78 is 5.83. The molecule has 1 amide bonds. The van der Waals surface area contributed by atoms with Crippen LogP contribution in [-0.2, 0) is 0 Å². The molecule has 0 unspecified atom stereocenters. The highest BCUT2D eigenvalue weighted by molar-refractivity contribution is 5.93. The molecule has 0 aliphatic heterocycles. The predicted octanol–water partition coefficient (Wildman–Crippen LogP) is 4.29. The Hall–Kier alpha value is -4.11. The van der Waals surface area contributed by atoms with E-state index in [2.05, 4.69) is 16.0 Å². The summed E-state index contributed by atoms with van der Waals surface area (Å²) in [5, 5.41) is 9.56. The van der Waals surface area contributed by atoms with E-state index in [1.54, 1.807) is 36.4 Å². The number of nitrogens with zero attached hydrogens (tertiary/aromatic N) is 2. The van der Waals surface area contributed by atoms with Crippen LogP contribution in [0.2, 0.25) is 0 Å². The number of nitrogens with two attached hydrogens (primary N) is 1. The molecule has 4 rings (SSSR count). The summed E-state index contributed by atoms with van der Waals surface area (Å²) in [6, 6.07) is 18.5. The fourth-order valence-corrected chi connectivity index (χ4v) is 2.93. The van der Waals surface area contributed by atoms with Crippen molar-refractivity contribution in [2.45, 2.75) is 6.92 Å². The largest absolute Gasteiger partial charge is 0.457 e. The van der Waals surface area contributed by atoms with Gasteiger partial charge in [0.15, 0.2) is 0 Å². The molecule has 0 aliphatic rings. The van der Waals surface area contributed by atoms with Crippen LogP contribution >= 0.6 is 0 Å². The quantitative estimate of drug-likeness (QED) is 0.524. The first-order valence-electron chi connectivity index (χ1n) is 8.62. The maximum atomic E-state index is 11.2. The molecule has 2 aromatic carbocycles. The van der Waals surface area contributed by atoms with Gasteiger partial charge in [0.25, 0.3) is 0 Å². The highest BCUT2D eigenvalue weighted by Crippen LogP contribution is 2.26. The lowest BCUT2D eigenvalue weighted by Gasteiger charge is -1.99. The van der Waals surface area contributed by atoms with Gasteiger partial charge in [-0.3, -0.25) is 4.79 Å². The van der Waals surface area contributed by atoms with Crippen molar-refractivity contribution in [3.8, 4) is 17.4 Å². The van der Waals surface area contributed by atoms with Gasteiger partial charge in [0.1, 0.15) is 23.4 Å². The molecule has 0 saturated heterocycles. The Morgan fingerprint density at radius 1 is 1.18 bits per heavy atom. The molecule has 28 heavy (non-hydrogen) atoms. The number of aromatic amines is 1. The van der Waals surface area contributed by atoms with Crippen LogP contribution in [0.3, 0.4) is 0 Å². The van der Waals surface area contributed by atoms with E-state index in [1.165, 1.54) is 0 Å². The maximum Gasteiger partial charge on any atom is 0.248 e. The molecule has 0 saturated carbocycles. The number of fused-ring (bicyclic) bond motifs is 1. The molecule has 4 aromatic rings. The van der Waals surface area contributed by atoms with Crippen molar-refractivity contribution in [2.24, 2.45) is 5.73 Å². The summed E-state index contributed by atoms with van der Waals surface area (Å²) in [6.45, 7) is 2.00. The van der Waals surface area contributed by atoms with Gasteiger partial charge in [-0.25, -0.2) is 4.98 Å². The molecule has 6 nitrogen and oxygen atoms in total. The van der Waals surface area contributed by atoms with Crippen LogP contribution in [0, 0.1) is 18.3 Å². The van der Waals surface area contributed by atoms with Gasteiger partial charge < -0.3 is 15.1 Å². The smallest absolute Gasteiger partial charge is 0.248 e. The predicted molar refractivity (Wildman–Crippen MR) is 107 cm³/mol. The second kappa shape index (κ2) is 6.89.